The molecule has 0 atom stereocenters. The van der Waals surface area contributed by atoms with Crippen LogP contribution >= 0.6 is 27.5 Å². The summed E-state index contributed by atoms with van der Waals surface area (Å²) in [5.41, 5.74) is 1.13. The summed E-state index contributed by atoms with van der Waals surface area (Å²) >= 11 is 9.35. The van der Waals surface area contributed by atoms with E-state index in [1.807, 2.05) is 31.2 Å². The first-order valence-electron chi connectivity index (χ1n) is 6.59. The van der Waals surface area contributed by atoms with Gasteiger partial charge in [-0.05, 0) is 42.8 Å². The van der Waals surface area contributed by atoms with Gasteiger partial charge in [0.2, 0.25) is 0 Å². The maximum absolute atomic E-state index is 12.4. The van der Waals surface area contributed by atoms with Gasteiger partial charge in [-0.3, -0.25) is 4.79 Å². The lowest BCUT2D eigenvalue weighted by Gasteiger charge is -2.12. The zero-order valence-corrected chi connectivity index (χ0v) is 13.9. The second-order valence-electron chi connectivity index (χ2n) is 4.45. The average molecular weight is 369 g/mol. The first-order chi connectivity index (χ1) is 10.1. The van der Waals surface area contributed by atoms with E-state index in [9.17, 15) is 4.79 Å². The van der Waals surface area contributed by atoms with E-state index in [1.54, 1.807) is 18.2 Å². The lowest BCUT2D eigenvalue weighted by atomic mass is 10.2. The molecule has 2 rings (SSSR count). The summed E-state index contributed by atoms with van der Waals surface area (Å²) in [5.74, 6) is 0.287. The Kier molecular flexibility index (Phi) is 5.65. The van der Waals surface area contributed by atoms with Gasteiger partial charge >= 0.3 is 0 Å². The van der Waals surface area contributed by atoms with E-state index in [-0.39, 0.29) is 5.91 Å². The van der Waals surface area contributed by atoms with E-state index >= 15 is 0 Å². The Balaban J connectivity index is 2.23. The monoisotopic (exact) mass is 367 g/mol. The Morgan fingerprint density at radius 2 is 2.10 bits per heavy atom. The molecule has 0 aliphatic carbocycles. The fraction of sp³-hybridized carbons (Fsp3) is 0.188. The molecule has 2 aromatic rings. The van der Waals surface area contributed by atoms with E-state index in [2.05, 4.69) is 21.2 Å². The number of hydrogen-bond acceptors (Lipinski definition) is 2. The van der Waals surface area contributed by atoms with Gasteiger partial charge in [-0.25, -0.2) is 0 Å². The standard InChI is InChI=1S/C16H15BrClNO2/c1-2-8-21-15-7-6-12(18)10-14(15)16(20)19-13-5-3-4-11(17)9-13/h3-7,9-10H,2,8H2,1H3,(H,19,20). The third kappa shape index (κ3) is 4.48. The van der Waals surface area contributed by atoms with Crippen LogP contribution in [-0.2, 0) is 0 Å². The lowest BCUT2D eigenvalue weighted by Crippen LogP contribution is -2.14. The van der Waals surface area contributed by atoms with Crippen molar-refractivity contribution in [2.75, 3.05) is 11.9 Å². The van der Waals surface area contributed by atoms with Crippen molar-refractivity contribution in [3.63, 3.8) is 0 Å². The molecule has 0 unspecified atom stereocenters. The van der Waals surface area contributed by atoms with Gasteiger partial charge in [0.05, 0.1) is 12.2 Å². The molecule has 0 aliphatic heterocycles. The second kappa shape index (κ2) is 7.48. The summed E-state index contributed by atoms with van der Waals surface area (Å²) in [7, 11) is 0. The zero-order valence-electron chi connectivity index (χ0n) is 11.5. The van der Waals surface area contributed by atoms with Crippen molar-refractivity contribution >= 4 is 39.1 Å². The molecule has 5 heteroatoms. The summed E-state index contributed by atoms with van der Waals surface area (Å²) in [4.78, 5) is 12.4. The third-order valence-electron chi connectivity index (χ3n) is 2.73. The van der Waals surface area contributed by atoms with Crippen molar-refractivity contribution in [3.8, 4) is 5.75 Å². The summed E-state index contributed by atoms with van der Waals surface area (Å²) in [5, 5.41) is 3.33. The summed E-state index contributed by atoms with van der Waals surface area (Å²) in [6.45, 7) is 2.57. The smallest absolute Gasteiger partial charge is 0.259 e. The van der Waals surface area contributed by atoms with Crippen molar-refractivity contribution < 1.29 is 9.53 Å². The molecule has 0 spiro atoms. The van der Waals surface area contributed by atoms with E-state index in [0.717, 1.165) is 10.9 Å². The summed E-state index contributed by atoms with van der Waals surface area (Å²) < 4.78 is 6.49. The largest absolute Gasteiger partial charge is 0.493 e. The highest BCUT2D eigenvalue weighted by Crippen LogP contribution is 2.25. The highest BCUT2D eigenvalue weighted by molar-refractivity contribution is 9.10. The SMILES string of the molecule is CCCOc1ccc(Cl)cc1C(=O)Nc1cccc(Br)c1. The molecule has 1 amide bonds. The van der Waals surface area contributed by atoms with Crippen molar-refractivity contribution in [2.45, 2.75) is 13.3 Å². The Hall–Kier alpha value is -1.52. The topological polar surface area (TPSA) is 38.3 Å². The van der Waals surface area contributed by atoms with Gasteiger partial charge in [0.1, 0.15) is 5.75 Å². The Labute approximate surface area is 137 Å². The lowest BCUT2D eigenvalue weighted by molar-refractivity contribution is 0.102. The number of anilines is 1. The van der Waals surface area contributed by atoms with Gasteiger partial charge in [0.15, 0.2) is 0 Å². The molecular formula is C16H15BrClNO2. The Morgan fingerprint density at radius 1 is 1.29 bits per heavy atom. The molecule has 0 saturated heterocycles. The second-order valence-corrected chi connectivity index (χ2v) is 5.81. The van der Waals surface area contributed by atoms with Gasteiger partial charge in [0, 0.05) is 15.2 Å². The highest BCUT2D eigenvalue weighted by Gasteiger charge is 2.14. The number of carbonyl (C=O) groups is 1. The fourth-order valence-electron chi connectivity index (χ4n) is 1.78. The number of nitrogens with one attached hydrogen (secondary N) is 1. The van der Waals surface area contributed by atoms with E-state index in [0.29, 0.717) is 28.6 Å². The van der Waals surface area contributed by atoms with Crippen LogP contribution in [0.1, 0.15) is 23.7 Å². The molecular weight excluding hydrogens is 354 g/mol. The number of halogens is 2. The highest BCUT2D eigenvalue weighted by atomic mass is 79.9. The number of amides is 1. The summed E-state index contributed by atoms with van der Waals surface area (Å²) in [6, 6.07) is 12.4. The fourth-order valence-corrected chi connectivity index (χ4v) is 2.35. The molecule has 0 aliphatic rings. The number of rotatable bonds is 5. The van der Waals surface area contributed by atoms with Crippen molar-refractivity contribution in [1.82, 2.24) is 0 Å². The van der Waals surface area contributed by atoms with Crippen LogP contribution in [0, 0.1) is 0 Å². The van der Waals surface area contributed by atoms with Crippen molar-refractivity contribution in [3.05, 3.63) is 57.5 Å². The van der Waals surface area contributed by atoms with Crippen LogP contribution in [0.25, 0.3) is 0 Å². The number of ether oxygens (including phenoxy) is 1. The van der Waals surface area contributed by atoms with E-state index in [4.69, 9.17) is 16.3 Å². The van der Waals surface area contributed by atoms with Gasteiger partial charge < -0.3 is 10.1 Å². The number of hydrogen-bond donors (Lipinski definition) is 1. The molecule has 0 fully saturated rings. The average Bonchev–Trinajstić information content (AvgIpc) is 2.46. The Morgan fingerprint density at radius 3 is 2.81 bits per heavy atom. The minimum atomic E-state index is -0.248. The van der Waals surface area contributed by atoms with Crippen LogP contribution < -0.4 is 10.1 Å². The maximum Gasteiger partial charge on any atom is 0.259 e. The maximum atomic E-state index is 12.4. The van der Waals surface area contributed by atoms with Crippen LogP contribution in [0.3, 0.4) is 0 Å². The van der Waals surface area contributed by atoms with Crippen LogP contribution in [0.4, 0.5) is 5.69 Å². The Bertz CT molecular complexity index is 646. The van der Waals surface area contributed by atoms with Gasteiger partial charge in [-0.15, -0.1) is 0 Å². The van der Waals surface area contributed by atoms with E-state index in [1.165, 1.54) is 0 Å². The van der Waals surface area contributed by atoms with Gasteiger partial charge in [0.25, 0.3) is 5.91 Å². The van der Waals surface area contributed by atoms with E-state index < -0.39 is 0 Å². The molecule has 0 saturated carbocycles. The quantitative estimate of drug-likeness (QED) is 0.793. The van der Waals surface area contributed by atoms with Crippen molar-refractivity contribution in [1.29, 1.82) is 0 Å². The first kappa shape index (κ1) is 15.9. The van der Waals surface area contributed by atoms with Gasteiger partial charge in [-0.1, -0.05) is 40.5 Å². The van der Waals surface area contributed by atoms with Crippen LogP contribution in [0.2, 0.25) is 5.02 Å². The van der Waals surface area contributed by atoms with Crippen LogP contribution in [0.15, 0.2) is 46.9 Å². The predicted octanol–water partition coefficient (Wildman–Crippen LogP) is 5.14. The minimum Gasteiger partial charge on any atom is -0.493 e. The normalized spacial score (nSPS) is 10.2. The first-order valence-corrected chi connectivity index (χ1v) is 7.76. The predicted molar refractivity (Wildman–Crippen MR) is 89.3 cm³/mol. The summed E-state index contributed by atoms with van der Waals surface area (Å²) in [6.07, 6.45) is 0.870. The molecule has 0 heterocycles. The molecule has 0 aromatic heterocycles. The zero-order chi connectivity index (χ0) is 15.2. The number of carbonyl (C=O) groups excluding carboxylic acids is 1. The van der Waals surface area contributed by atoms with Crippen molar-refractivity contribution in [2.24, 2.45) is 0 Å². The molecule has 0 bridgehead atoms. The van der Waals surface area contributed by atoms with Crippen LogP contribution in [-0.4, -0.2) is 12.5 Å². The molecule has 1 N–H and O–H groups in total. The molecule has 21 heavy (non-hydrogen) atoms. The molecule has 110 valence electrons. The van der Waals surface area contributed by atoms with Crippen LogP contribution in [0.5, 0.6) is 5.75 Å². The molecule has 3 nitrogen and oxygen atoms in total. The molecule has 2 aromatic carbocycles. The molecule has 0 radical (unpaired) electrons. The number of benzene rings is 2. The minimum absolute atomic E-state index is 0.248. The third-order valence-corrected chi connectivity index (χ3v) is 3.46. The van der Waals surface area contributed by atoms with Gasteiger partial charge in [-0.2, -0.15) is 0 Å².